The zero-order valence-electron chi connectivity index (χ0n) is 9.31. The molecule has 14 heavy (non-hydrogen) atoms. The Morgan fingerprint density at radius 3 is 2.93 bits per heavy atom. The Bertz CT molecular complexity index is 320. The van der Waals surface area contributed by atoms with E-state index in [0.717, 1.165) is 6.54 Å². The molecule has 0 bridgehead atoms. The highest BCUT2D eigenvalue weighted by Gasteiger charge is 2.19. The molecule has 2 heteroatoms. The summed E-state index contributed by atoms with van der Waals surface area (Å²) < 4.78 is 0. The van der Waals surface area contributed by atoms with E-state index in [2.05, 4.69) is 31.5 Å². The highest BCUT2D eigenvalue weighted by atomic mass is 32.1. The average molecular weight is 209 g/mol. The molecule has 1 aliphatic rings. The van der Waals surface area contributed by atoms with E-state index in [4.69, 9.17) is 0 Å². The Labute approximate surface area is 90.5 Å². The first kappa shape index (κ1) is 10.0. The first-order valence-electron chi connectivity index (χ1n) is 5.39. The van der Waals surface area contributed by atoms with Crippen LogP contribution in [-0.4, -0.2) is 6.54 Å². The molecule has 0 saturated carbocycles. The van der Waals surface area contributed by atoms with E-state index in [-0.39, 0.29) is 0 Å². The van der Waals surface area contributed by atoms with Gasteiger partial charge in [-0.15, -0.1) is 11.3 Å². The molecule has 1 aromatic heterocycles. The number of fused-ring (bicyclic) bond motifs is 1. The van der Waals surface area contributed by atoms with Gasteiger partial charge in [-0.25, -0.2) is 0 Å². The van der Waals surface area contributed by atoms with E-state index in [9.17, 15) is 0 Å². The van der Waals surface area contributed by atoms with Gasteiger partial charge < -0.3 is 5.32 Å². The first-order chi connectivity index (χ1) is 6.56. The zero-order valence-corrected chi connectivity index (χ0v) is 10.1. The molecule has 0 radical (unpaired) electrons. The van der Waals surface area contributed by atoms with Crippen LogP contribution in [0.5, 0.6) is 0 Å². The van der Waals surface area contributed by atoms with Gasteiger partial charge in [-0.3, -0.25) is 0 Å². The number of hydrogen-bond acceptors (Lipinski definition) is 2. The highest BCUT2D eigenvalue weighted by molar-refractivity contribution is 7.14. The normalized spacial score (nSPS) is 16.2. The predicted octanol–water partition coefficient (Wildman–Crippen LogP) is 3.69. The second-order valence-electron chi connectivity index (χ2n) is 5.34. The molecule has 0 aromatic carbocycles. The van der Waals surface area contributed by atoms with E-state index < -0.39 is 0 Å². The van der Waals surface area contributed by atoms with Gasteiger partial charge in [0, 0.05) is 6.54 Å². The summed E-state index contributed by atoms with van der Waals surface area (Å²) in [5.74, 6) is 0. The minimum Gasteiger partial charge on any atom is -0.377 e. The molecule has 0 aliphatic carbocycles. The molecule has 1 aliphatic heterocycles. The second-order valence-corrected chi connectivity index (χ2v) is 6.22. The van der Waals surface area contributed by atoms with Crippen LogP contribution in [0.25, 0.3) is 0 Å². The number of anilines is 1. The third kappa shape index (κ3) is 2.11. The van der Waals surface area contributed by atoms with Crippen molar-refractivity contribution in [3.63, 3.8) is 0 Å². The van der Waals surface area contributed by atoms with Gasteiger partial charge in [-0.1, -0.05) is 20.8 Å². The Morgan fingerprint density at radius 1 is 1.43 bits per heavy atom. The fourth-order valence-corrected chi connectivity index (χ4v) is 3.07. The van der Waals surface area contributed by atoms with Gasteiger partial charge in [0.05, 0.1) is 5.00 Å². The van der Waals surface area contributed by atoms with Gasteiger partial charge in [0.1, 0.15) is 0 Å². The minimum atomic E-state index is 0.409. The molecule has 1 nitrogen and oxygen atoms in total. The Balaban J connectivity index is 2.22. The predicted molar refractivity (Wildman–Crippen MR) is 64.3 cm³/mol. The molecular weight excluding hydrogens is 190 g/mol. The molecule has 78 valence electrons. The van der Waals surface area contributed by atoms with Crippen molar-refractivity contribution in [1.29, 1.82) is 0 Å². The van der Waals surface area contributed by atoms with Crippen LogP contribution in [0.1, 0.15) is 38.3 Å². The number of nitrogens with one attached hydrogen (secondary N) is 1. The standard InChI is InChI=1S/C12H19NS/c1-12(2,3)7-9-8-14-11-10(9)5-4-6-13-11/h8,13H,4-7H2,1-3H3. The smallest absolute Gasteiger partial charge is 0.0917 e. The van der Waals surface area contributed by atoms with Crippen molar-refractivity contribution in [1.82, 2.24) is 0 Å². The first-order valence-corrected chi connectivity index (χ1v) is 6.27. The molecule has 2 rings (SSSR count). The third-order valence-electron chi connectivity index (χ3n) is 2.59. The Kier molecular flexibility index (Phi) is 2.56. The zero-order chi connectivity index (χ0) is 10.2. The van der Waals surface area contributed by atoms with Crippen molar-refractivity contribution >= 4 is 16.3 Å². The molecule has 0 fully saturated rings. The van der Waals surface area contributed by atoms with Crippen molar-refractivity contribution in [3.8, 4) is 0 Å². The summed E-state index contributed by atoms with van der Waals surface area (Å²) >= 11 is 1.88. The SMILES string of the molecule is CC(C)(C)Cc1csc2c1CCCN2. The van der Waals surface area contributed by atoms with Crippen molar-refractivity contribution in [2.75, 3.05) is 11.9 Å². The summed E-state index contributed by atoms with van der Waals surface area (Å²) in [5, 5.41) is 7.26. The van der Waals surface area contributed by atoms with Gasteiger partial charge in [-0.05, 0) is 41.2 Å². The molecule has 1 aromatic rings. The third-order valence-corrected chi connectivity index (χ3v) is 3.62. The lowest BCUT2D eigenvalue weighted by Gasteiger charge is -2.20. The summed E-state index contributed by atoms with van der Waals surface area (Å²) in [6.45, 7) is 8.09. The minimum absolute atomic E-state index is 0.409. The lowest BCUT2D eigenvalue weighted by atomic mass is 9.86. The van der Waals surface area contributed by atoms with Crippen LogP contribution in [0.3, 0.4) is 0 Å². The van der Waals surface area contributed by atoms with E-state index in [0.29, 0.717) is 5.41 Å². The fourth-order valence-electron chi connectivity index (χ4n) is 2.03. The monoisotopic (exact) mass is 209 g/mol. The summed E-state index contributed by atoms with van der Waals surface area (Å²) in [4.78, 5) is 0. The lowest BCUT2D eigenvalue weighted by molar-refractivity contribution is 0.410. The summed E-state index contributed by atoms with van der Waals surface area (Å²) in [6, 6.07) is 0. The lowest BCUT2D eigenvalue weighted by Crippen LogP contribution is -2.13. The maximum Gasteiger partial charge on any atom is 0.0917 e. The molecule has 2 heterocycles. The van der Waals surface area contributed by atoms with Crippen molar-refractivity contribution in [3.05, 3.63) is 16.5 Å². The van der Waals surface area contributed by atoms with E-state index in [1.807, 2.05) is 11.3 Å². The van der Waals surface area contributed by atoms with Gasteiger partial charge >= 0.3 is 0 Å². The number of thiophene rings is 1. The summed E-state index contributed by atoms with van der Waals surface area (Å²) in [6.07, 6.45) is 3.78. The maximum atomic E-state index is 3.49. The molecule has 0 unspecified atom stereocenters. The van der Waals surface area contributed by atoms with Crippen molar-refractivity contribution < 1.29 is 0 Å². The van der Waals surface area contributed by atoms with Gasteiger partial charge in [0.15, 0.2) is 0 Å². The van der Waals surface area contributed by atoms with E-state index in [1.54, 1.807) is 11.1 Å². The molecule has 0 amide bonds. The molecular formula is C12H19NS. The average Bonchev–Trinajstić information content (AvgIpc) is 2.47. The largest absolute Gasteiger partial charge is 0.377 e. The maximum absolute atomic E-state index is 3.49. The molecule has 1 N–H and O–H groups in total. The van der Waals surface area contributed by atoms with Crippen molar-refractivity contribution in [2.24, 2.45) is 5.41 Å². The number of rotatable bonds is 1. The van der Waals surface area contributed by atoms with Crippen molar-refractivity contribution in [2.45, 2.75) is 40.0 Å². The van der Waals surface area contributed by atoms with Crippen LogP contribution >= 0.6 is 11.3 Å². The summed E-state index contributed by atoms with van der Waals surface area (Å²) in [7, 11) is 0. The van der Waals surface area contributed by atoms with Gasteiger partial charge in [-0.2, -0.15) is 0 Å². The van der Waals surface area contributed by atoms with Crippen LogP contribution in [0, 0.1) is 5.41 Å². The molecule has 0 saturated heterocycles. The molecule has 0 atom stereocenters. The van der Waals surface area contributed by atoms with Gasteiger partial charge in [0.2, 0.25) is 0 Å². The van der Waals surface area contributed by atoms with Crippen LogP contribution < -0.4 is 5.32 Å². The van der Waals surface area contributed by atoms with Gasteiger partial charge in [0.25, 0.3) is 0 Å². The van der Waals surface area contributed by atoms with E-state index in [1.165, 1.54) is 24.3 Å². The van der Waals surface area contributed by atoms with Crippen LogP contribution in [-0.2, 0) is 12.8 Å². The van der Waals surface area contributed by atoms with Crippen LogP contribution in [0.2, 0.25) is 0 Å². The second kappa shape index (κ2) is 3.58. The van der Waals surface area contributed by atoms with Crippen LogP contribution in [0.15, 0.2) is 5.38 Å². The quantitative estimate of drug-likeness (QED) is 0.743. The van der Waals surface area contributed by atoms with E-state index >= 15 is 0 Å². The Morgan fingerprint density at radius 2 is 2.21 bits per heavy atom. The van der Waals surface area contributed by atoms with Crippen LogP contribution in [0.4, 0.5) is 5.00 Å². The molecule has 0 spiro atoms. The fraction of sp³-hybridized carbons (Fsp3) is 0.667. The highest BCUT2D eigenvalue weighted by Crippen LogP contribution is 2.35. The Hall–Kier alpha value is -0.500. The summed E-state index contributed by atoms with van der Waals surface area (Å²) in [5.41, 5.74) is 3.58. The number of hydrogen-bond donors (Lipinski definition) is 1. The topological polar surface area (TPSA) is 12.0 Å².